The van der Waals surface area contributed by atoms with Crippen LogP contribution < -0.4 is 4.74 Å². The van der Waals surface area contributed by atoms with E-state index in [-0.39, 0.29) is 11.5 Å². The van der Waals surface area contributed by atoms with Crippen molar-refractivity contribution in [3.63, 3.8) is 0 Å². The van der Waals surface area contributed by atoms with Crippen LogP contribution in [0.5, 0.6) is 5.75 Å². The molecule has 0 aliphatic rings. The molecule has 2 aromatic rings. The first kappa shape index (κ1) is 15.3. The van der Waals surface area contributed by atoms with Gasteiger partial charge in [-0.25, -0.2) is 0 Å². The summed E-state index contributed by atoms with van der Waals surface area (Å²) < 4.78 is 31.2. The predicted octanol–water partition coefficient (Wildman–Crippen LogP) is 3.18. The number of halogens is 2. The standard InChI is InChI=1S/C13H12F2N4OS/c1-2-19-11(17-18-13(19)21-8-7-16)9-5-3-4-6-10(9)20-12(14)15/h3-6,12H,2,8H2,1H3. The van der Waals surface area contributed by atoms with Crippen molar-refractivity contribution in [3.05, 3.63) is 24.3 Å². The third kappa shape index (κ3) is 3.49. The Labute approximate surface area is 124 Å². The fourth-order valence-corrected chi connectivity index (χ4v) is 2.49. The summed E-state index contributed by atoms with van der Waals surface area (Å²) in [5.74, 6) is 0.730. The summed E-state index contributed by atoms with van der Waals surface area (Å²) in [4.78, 5) is 0. The van der Waals surface area contributed by atoms with E-state index in [4.69, 9.17) is 5.26 Å². The molecule has 0 bridgehead atoms. The summed E-state index contributed by atoms with van der Waals surface area (Å²) >= 11 is 1.25. The number of benzene rings is 1. The number of nitriles is 1. The number of thioether (sulfide) groups is 1. The number of aromatic nitrogens is 3. The number of para-hydroxylation sites is 1. The van der Waals surface area contributed by atoms with E-state index in [9.17, 15) is 8.78 Å². The number of hydrogen-bond acceptors (Lipinski definition) is 5. The Morgan fingerprint density at radius 3 is 2.81 bits per heavy atom. The van der Waals surface area contributed by atoms with Gasteiger partial charge in [-0.05, 0) is 19.1 Å². The molecule has 1 heterocycles. The number of alkyl halides is 2. The van der Waals surface area contributed by atoms with Gasteiger partial charge in [0.15, 0.2) is 11.0 Å². The van der Waals surface area contributed by atoms with Crippen LogP contribution in [0.4, 0.5) is 8.78 Å². The zero-order valence-corrected chi connectivity index (χ0v) is 12.0. The molecule has 0 aliphatic heterocycles. The van der Waals surface area contributed by atoms with Crippen molar-refractivity contribution in [1.29, 1.82) is 5.26 Å². The summed E-state index contributed by atoms with van der Waals surface area (Å²) in [5.41, 5.74) is 0.441. The van der Waals surface area contributed by atoms with Crippen molar-refractivity contribution in [2.45, 2.75) is 25.2 Å². The second kappa shape index (κ2) is 7.04. The largest absolute Gasteiger partial charge is 0.434 e. The minimum Gasteiger partial charge on any atom is -0.434 e. The molecular formula is C13H12F2N4OS. The summed E-state index contributed by atoms with van der Waals surface area (Å²) in [5, 5.41) is 17.2. The first-order valence-corrected chi connectivity index (χ1v) is 7.13. The van der Waals surface area contributed by atoms with Crippen molar-refractivity contribution in [2.75, 3.05) is 5.75 Å². The average molecular weight is 310 g/mol. The molecule has 0 fully saturated rings. The Bertz CT molecular complexity index is 654. The van der Waals surface area contributed by atoms with Gasteiger partial charge in [-0.1, -0.05) is 23.9 Å². The number of nitrogens with zero attached hydrogens (tertiary/aromatic N) is 4. The maximum absolute atomic E-state index is 12.5. The molecule has 0 amide bonds. The molecule has 0 saturated carbocycles. The van der Waals surface area contributed by atoms with Crippen molar-refractivity contribution < 1.29 is 13.5 Å². The minimum atomic E-state index is -2.91. The van der Waals surface area contributed by atoms with Crippen LogP contribution in [-0.2, 0) is 6.54 Å². The molecular weight excluding hydrogens is 298 g/mol. The summed E-state index contributed by atoms with van der Waals surface area (Å²) in [6, 6.07) is 8.44. The van der Waals surface area contributed by atoms with Crippen LogP contribution in [0.2, 0.25) is 0 Å². The van der Waals surface area contributed by atoms with Gasteiger partial charge in [-0.2, -0.15) is 14.0 Å². The first-order chi connectivity index (χ1) is 10.2. The molecule has 8 heteroatoms. The van der Waals surface area contributed by atoms with Gasteiger partial charge in [0.1, 0.15) is 5.75 Å². The lowest BCUT2D eigenvalue weighted by molar-refractivity contribution is -0.0494. The molecule has 1 aromatic carbocycles. The van der Waals surface area contributed by atoms with E-state index >= 15 is 0 Å². The van der Waals surface area contributed by atoms with E-state index in [0.29, 0.717) is 23.1 Å². The summed E-state index contributed by atoms with van der Waals surface area (Å²) in [7, 11) is 0. The van der Waals surface area contributed by atoms with Gasteiger partial charge >= 0.3 is 6.61 Å². The second-order valence-corrected chi connectivity index (χ2v) is 4.81. The first-order valence-electron chi connectivity index (χ1n) is 6.14. The van der Waals surface area contributed by atoms with Crippen LogP contribution in [0, 0.1) is 11.3 Å². The lowest BCUT2D eigenvalue weighted by Crippen LogP contribution is -2.05. The van der Waals surface area contributed by atoms with Crippen LogP contribution in [0.1, 0.15) is 6.92 Å². The highest BCUT2D eigenvalue weighted by atomic mass is 32.2. The van der Waals surface area contributed by atoms with Gasteiger partial charge in [0.05, 0.1) is 17.4 Å². The average Bonchev–Trinajstić information content (AvgIpc) is 2.87. The third-order valence-electron chi connectivity index (χ3n) is 2.64. The highest BCUT2D eigenvalue weighted by molar-refractivity contribution is 7.99. The molecule has 1 aromatic heterocycles. The molecule has 2 rings (SSSR count). The predicted molar refractivity (Wildman–Crippen MR) is 74.1 cm³/mol. The Kier molecular flexibility index (Phi) is 5.11. The second-order valence-electron chi connectivity index (χ2n) is 3.87. The number of rotatable bonds is 6. The van der Waals surface area contributed by atoms with Gasteiger partial charge in [-0.3, -0.25) is 0 Å². The van der Waals surface area contributed by atoms with E-state index in [2.05, 4.69) is 14.9 Å². The normalized spacial score (nSPS) is 10.6. The monoisotopic (exact) mass is 310 g/mol. The maximum atomic E-state index is 12.5. The van der Waals surface area contributed by atoms with E-state index in [1.54, 1.807) is 22.8 Å². The molecule has 0 atom stereocenters. The highest BCUT2D eigenvalue weighted by Crippen LogP contribution is 2.31. The van der Waals surface area contributed by atoms with Gasteiger partial charge in [-0.15, -0.1) is 10.2 Å². The fourth-order valence-electron chi connectivity index (χ4n) is 1.83. The molecule has 110 valence electrons. The lowest BCUT2D eigenvalue weighted by Gasteiger charge is -2.11. The number of hydrogen-bond donors (Lipinski definition) is 0. The minimum absolute atomic E-state index is 0.0476. The van der Waals surface area contributed by atoms with E-state index in [1.165, 1.54) is 17.8 Å². The van der Waals surface area contributed by atoms with Crippen molar-refractivity contribution in [2.24, 2.45) is 0 Å². The number of ether oxygens (including phenoxy) is 1. The molecule has 0 aliphatic carbocycles. The zero-order valence-electron chi connectivity index (χ0n) is 11.2. The molecule has 0 saturated heterocycles. The van der Waals surface area contributed by atoms with Crippen LogP contribution in [0.3, 0.4) is 0 Å². The van der Waals surface area contributed by atoms with Crippen molar-refractivity contribution in [1.82, 2.24) is 14.8 Å². The van der Waals surface area contributed by atoms with Crippen molar-refractivity contribution >= 4 is 11.8 Å². The Hall–Kier alpha value is -2.14. The van der Waals surface area contributed by atoms with Gasteiger partial charge in [0.2, 0.25) is 0 Å². The van der Waals surface area contributed by atoms with Crippen LogP contribution in [0.15, 0.2) is 29.4 Å². The smallest absolute Gasteiger partial charge is 0.387 e. The topological polar surface area (TPSA) is 63.7 Å². The summed E-state index contributed by atoms with van der Waals surface area (Å²) in [6.07, 6.45) is 0. The Morgan fingerprint density at radius 1 is 1.38 bits per heavy atom. The summed E-state index contributed by atoms with van der Waals surface area (Å²) in [6.45, 7) is -0.463. The quantitative estimate of drug-likeness (QED) is 0.767. The third-order valence-corrected chi connectivity index (χ3v) is 3.48. The maximum Gasteiger partial charge on any atom is 0.387 e. The molecule has 0 N–H and O–H groups in total. The molecule has 0 unspecified atom stereocenters. The molecule has 21 heavy (non-hydrogen) atoms. The lowest BCUT2D eigenvalue weighted by atomic mass is 10.2. The SMILES string of the molecule is CCn1c(SCC#N)nnc1-c1ccccc1OC(F)F. The van der Waals surface area contributed by atoms with Crippen LogP contribution >= 0.6 is 11.8 Å². The highest BCUT2D eigenvalue weighted by Gasteiger charge is 2.18. The van der Waals surface area contributed by atoms with Crippen LogP contribution in [0.25, 0.3) is 11.4 Å². The molecule has 0 spiro atoms. The molecule has 0 radical (unpaired) electrons. The zero-order chi connectivity index (χ0) is 15.2. The van der Waals surface area contributed by atoms with E-state index in [1.807, 2.05) is 13.0 Å². The van der Waals surface area contributed by atoms with Gasteiger partial charge in [0, 0.05) is 6.54 Å². The molecule has 5 nitrogen and oxygen atoms in total. The van der Waals surface area contributed by atoms with E-state index in [0.717, 1.165) is 0 Å². The van der Waals surface area contributed by atoms with Crippen LogP contribution in [-0.4, -0.2) is 27.1 Å². The van der Waals surface area contributed by atoms with E-state index < -0.39 is 6.61 Å². The Morgan fingerprint density at radius 2 is 2.14 bits per heavy atom. The van der Waals surface area contributed by atoms with Crippen molar-refractivity contribution in [3.8, 4) is 23.2 Å². The van der Waals surface area contributed by atoms with Gasteiger partial charge < -0.3 is 9.30 Å². The van der Waals surface area contributed by atoms with Gasteiger partial charge in [0.25, 0.3) is 0 Å². The fraction of sp³-hybridized carbons (Fsp3) is 0.308. The Balaban J connectivity index is 2.43.